The minimum absolute atomic E-state index is 0.322. The SMILES string of the molecule is CCCCCCCCCCCCCCCCO[C@@H]1OC(CO)[C@@H](O[C@H]2OC(CO)[C@@H](O)[C@@H](O)C2O)C(O)[C@@H]1O. The first-order valence-corrected chi connectivity index (χ1v) is 15.1. The van der Waals surface area contributed by atoms with Crippen LogP contribution in [0.2, 0.25) is 0 Å². The summed E-state index contributed by atoms with van der Waals surface area (Å²) in [5, 5.41) is 70.4. The van der Waals surface area contributed by atoms with Gasteiger partial charge in [0.1, 0.15) is 48.8 Å². The summed E-state index contributed by atoms with van der Waals surface area (Å²) in [7, 11) is 0. The van der Waals surface area contributed by atoms with Gasteiger partial charge in [-0.15, -0.1) is 0 Å². The van der Waals surface area contributed by atoms with Gasteiger partial charge in [0, 0.05) is 6.61 Å². The second-order valence-electron chi connectivity index (χ2n) is 11.0. The van der Waals surface area contributed by atoms with Gasteiger partial charge in [-0.3, -0.25) is 0 Å². The van der Waals surface area contributed by atoms with E-state index in [4.69, 9.17) is 18.9 Å². The molecule has 0 aromatic rings. The molecule has 39 heavy (non-hydrogen) atoms. The van der Waals surface area contributed by atoms with Crippen LogP contribution < -0.4 is 0 Å². The van der Waals surface area contributed by atoms with Crippen molar-refractivity contribution in [3.8, 4) is 0 Å². The average Bonchev–Trinajstić information content (AvgIpc) is 2.94. The lowest BCUT2D eigenvalue weighted by Gasteiger charge is -2.45. The molecule has 2 saturated heterocycles. The number of aliphatic hydroxyl groups is 7. The molecule has 0 bridgehead atoms. The lowest BCUT2D eigenvalue weighted by molar-refractivity contribution is -0.359. The fourth-order valence-corrected chi connectivity index (χ4v) is 5.19. The van der Waals surface area contributed by atoms with Crippen LogP contribution in [0.5, 0.6) is 0 Å². The molecule has 11 nitrogen and oxygen atoms in total. The molecule has 0 radical (unpaired) electrons. The molecule has 0 aliphatic carbocycles. The summed E-state index contributed by atoms with van der Waals surface area (Å²) in [6, 6.07) is 0. The monoisotopic (exact) mass is 566 g/mol. The maximum atomic E-state index is 10.6. The van der Waals surface area contributed by atoms with Crippen LogP contribution in [0.1, 0.15) is 96.8 Å². The first-order valence-electron chi connectivity index (χ1n) is 15.1. The Kier molecular flexibility index (Phi) is 17.5. The van der Waals surface area contributed by atoms with Gasteiger partial charge < -0.3 is 54.7 Å². The van der Waals surface area contributed by atoms with Crippen LogP contribution in [0.3, 0.4) is 0 Å². The Hall–Kier alpha value is -0.440. The van der Waals surface area contributed by atoms with E-state index in [2.05, 4.69) is 6.92 Å². The molecule has 232 valence electrons. The molecule has 2 aliphatic rings. The smallest absolute Gasteiger partial charge is 0.187 e. The van der Waals surface area contributed by atoms with E-state index in [1.807, 2.05) is 0 Å². The molecule has 0 saturated carbocycles. The second kappa shape index (κ2) is 19.6. The standard InChI is InChI=1S/C28H54O11/c1-2-3-4-5-6-7-8-9-10-11-12-13-14-15-16-36-27-25(35)23(33)26(20(18-30)38-27)39-28-24(34)22(32)21(31)19(17-29)37-28/h19-35H,2-18H2,1H3/t19?,20?,21-,22-,23?,24?,25+,26-,27-,28-/m1/s1. The third-order valence-corrected chi connectivity index (χ3v) is 7.74. The highest BCUT2D eigenvalue weighted by Gasteiger charge is 2.50. The number of aliphatic hydroxyl groups excluding tert-OH is 7. The molecule has 0 spiro atoms. The van der Waals surface area contributed by atoms with Crippen LogP contribution in [0.4, 0.5) is 0 Å². The Balaban J connectivity index is 1.62. The van der Waals surface area contributed by atoms with Crippen molar-refractivity contribution in [2.75, 3.05) is 19.8 Å². The Bertz CT molecular complexity index is 608. The summed E-state index contributed by atoms with van der Waals surface area (Å²) in [5.74, 6) is 0. The zero-order valence-electron chi connectivity index (χ0n) is 23.6. The van der Waals surface area contributed by atoms with E-state index in [0.717, 1.165) is 19.3 Å². The second-order valence-corrected chi connectivity index (χ2v) is 11.0. The van der Waals surface area contributed by atoms with Crippen molar-refractivity contribution in [1.82, 2.24) is 0 Å². The van der Waals surface area contributed by atoms with Crippen molar-refractivity contribution in [3.05, 3.63) is 0 Å². The highest BCUT2D eigenvalue weighted by molar-refractivity contribution is 4.94. The molecule has 2 fully saturated rings. The van der Waals surface area contributed by atoms with Crippen LogP contribution in [0.25, 0.3) is 0 Å². The number of hydrogen-bond donors (Lipinski definition) is 7. The summed E-state index contributed by atoms with van der Waals surface area (Å²) in [6.07, 6.45) is 2.97. The predicted octanol–water partition coefficient (Wildman–Crippen LogP) is 1.11. The van der Waals surface area contributed by atoms with Crippen molar-refractivity contribution < 1.29 is 54.7 Å². The minimum atomic E-state index is -1.69. The average molecular weight is 567 g/mol. The van der Waals surface area contributed by atoms with Gasteiger partial charge >= 0.3 is 0 Å². The van der Waals surface area contributed by atoms with Gasteiger partial charge in [-0.2, -0.15) is 0 Å². The number of ether oxygens (including phenoxy) is 4. The normalized spacial score (nSPS) is 35.4. The molecular weight excluding hydrogens is 512 g/mol. The maximum Gasteiger partial charge on any atom is 0.187 e. The highest BCUT2D eigenvalue weighted by atomic mass is 16.7. The Morgan fingerprint density at radius 3 is 1.49 bits per heavy atom. The molecule has 2 rings (SSSR count). The van der Waals surface area contributed by atoms with Gasteiger partial charge in [0.15, 0.2) is 12.6 Å². The first-order chi connectivity index (χ1) is 18.8. The highest BCUT2D eigenvalue weighted by Crippen LogP contribution is 2.29. The summed E-state index contributed by atoms with van der Waals surface area (Å²) < 4.78 is 22.1. The summed E-state index contributed by atoms with van der Waals surface area (Å²) in [5.41, 5.74) is 0. The van der Waals surface area contributed by atoms with Crippen molar-refractivity contribution in [2.24, 2.45) is 0 Å². The van der Waals surface area contributed by atoms with Gasteiger partial charge in [0.2, 0.25) is 0 Å². The van der Waals surface area contributed by atoms with E-state index in [1.54, 1.807) is 0 Å². The van der Waals surface area contributed by atoms with E-state index >= 15 is 0 Å². The summed E-state index contributed by atoms with van der Waals surface area (Å²) >= 11 is 0. The van der Waals surface area contributed by atoms with Crippen LogP contribution in [-0.4, -0.2) is 117 Å². The van der Waals surface area contributed by atoms with Crippen LogP contribution in [0.15, 0.2) is 0 Å². The van der Waals surface area contributed by atoms with Crippen molar-refractivity contribution in [3.63, 3.8) is 0 Å². The molecule has 2 aliphatic heterocycles. The number of hydrogen-bond acceptors (Lipinski definition) is 11. The molecule has 10 atom stereocenters. The molecule has 2 heterocycles. The molecule has 0 amide bonds. The third kappa shape index (κ3) is 11.4. The van der Waals surface area contributed by atoms with Crippen molar-refractivity contribution in [1.29, 1.82) is 0 Å². The van der Waals surface area contributed by atoms with E-state index in [9.17, 15) is 35.7 Å². The van der Waals surface area contributed by atoms with Crippen molar-refractivity contribution >= 4 is 0 Å². The number of unbranched alkanes of at least 4 members (excludes halogenated alkanes) is 13. The number of rotatable bonds is 20. The predicted molar refractivity (Wildman–Crippen MR) is 143 cm³/mol. The fourth-order valence-electron chi connectivity index (χ4n) is 5.19. The third-order valence-electron chi connectivity index (χ3n) is 7.74. The van der Waals surface area contributed by atoms with E-state index in [-0.39, 0.29) is 0 Å². The van der Waals surface area contributed by atoms with Crippen LogP contribution >= 0.6 is 0 Å². The van der Waals surface area contributed by atoms with Gasteiger partial charge in [-0.25, -0.2) is 0 Å². The van der Waals surface area contributed by atoms with Crippen molar-refractivity contribution in [2.45, 2.75) is 158 Å². The molecule has 0 aromatic carbocycles. The Labute approximate surface area is 233 Å². The Morgan fingerprint density at radius 2 is 0.974 bits per heavy atom. The molecular formula is C28H54O11. The Morgan fingerprint density at radius 1 is 0.513 bits per heavy atom. The molecule has 11 heteroatoms. The van der Waals surface area contributed by atoms with E-state index in [0.29, 0.717) is 6.61 Å². The summed E-state index contributed by atoms with van der Waals surface area (Å²) in [4.78, 5) is 0. The minimum Gasteiger partial charge on any atom is -0.394 e. The quantitative estimate of drug-likeness (QED) is 0.105. The van der Waals surface area contributed by atoms with Crippen LogP contribution in [-0.2, 0) is 18.9 Å². The molecule has 0 aromatic heterocycles. The lowest BCUT2D eigenvalue weighted by Crippen LogP contribution is -2.64. The van der Waals surface area contributed by atoms with Gasteiger partial charge in [0.25, 0.3) is 0 Å². The molecule has 7 N–H and O–H groups in total. The zero-order chi connectivity index (χ0) is 28.6. The van der Waals surface area contributed by atoms with Gasteiger partial charge in [-0.1, -0.05) is 90.4 Å². The van der Waals surface area contributed by atoms with Crippen LogP contribution in [0, 0.1) is 0 Å². The topological polar surface area (TPSA) is 179 Å². The summed E-state index contributed by atoms with van der Waals surface area (Å²) in [6.45, 7) is 1.34. The maximum absolute atomic E-state index is 10.6. The van der Waals surface area contributed by atoms with E-state index < -0.39 is 74.6 Å². The largest absolute Gasteiger partial charge is 0.394 e. The zero-order valence-corrected chi connectivity index (χ0v) is 23.6. The first kappa shape index (κ1) is 34.8. The lowest BCUT2D eigenvalue weighted by atomic mass is 9.97. The fraction of sp³-hybridized carbons (Fsp3) is 1.00. The van der Waals surface area contributed by atoms with Gasteiger partial charge in [-0.05, 0) is 6.42 Å². The van der Waals surface area contributed by atoms with Gasteiger partial charge in [0.05, 0.1) is 13.2 Å². The molecule has 4 unspecified atom stereocenters. The van der Waals surface area contributed by atoms with E-state index in [1.165, 1.54) is 70.6 Å².